The number of anilines is 2. The second-order valence-corrected chi connectivity index (χ2v) is 7.73. The molecule has 31 heavy (non-hydrogen) atoms. The van der Waals surface area contributed by atoms with E-state index in [2.05, 4.69) is 5.32 Å². The van der Waals surface area contributed by atoms with Gasteiger partial charge in [-0.25, -0.2) is 0 Å². The van der Waals surface area contributed by atoms with Crippen molar-refractivity contribution in [2.24, 2.45) is 0 Å². The van der Waals surface area contributed by atoms with Gasteiger partial charge in [0.25, 0.3) is 5.69 Å². The molecule has 3 rings (SSSR count). The van der Waals surface area contributed by atoms with Gasteiger partial charge >= 0.3 is 0 Å². The number of methoxy groups -OCH3 is 2. The molecule has 1 heterocycles. The summed E-state index contributed by atoms with van der Waals surface area (Å²) in [6.45, 7) is 2.42. The fourth-order valence-corrected chi connectivity index (χ4v) is 3.81. The van der Waals surface area contributed by atoms with Crippen LogP contribution in [0.4, 0.5) is 17.1 Å². The molecule has 0 aliphatic carbocycles. The predicted molar refractivity (Wildman–Crippen MR) is 120 cm³/mol. The summed E-state index contributed by atoms with van der Waals surface area (Å²) in [5.74, 6) is 0.670. The topological polar surface area (TPSA) is 97.2 Å². The van der Waals surface area contributed by atoms with E-state index in [9.17, 15) is 14.9 Å². The first-order valence-electron chi connectivity index (χ1n) is 9.45. The molecule has 1 saturated heterocycles. The number of nitro benzene ring substituents is 1. The average molecular weight is 469 g/mol. The highest BCUT2D eigenvalue weighted by atomic mass is 35.5. The molecule has 0 aromatic heterocycles. The SMILES string of the molecule is COc1cc(OC)c(NC(=O)CN2CCN(c3ccc(Cl)cc3[N+](=O)[O-])CC2)cc1Cl. The number of carbonyl (C=O) groups excluding carboxylic acids is 1. The van der Waals surface area contributed by atoms with Crippen molar-refractivity contribution >= 4 is 46.2 Å². The third kappa shape index (κ3) is 5.49. The highest BCUT2D eigenvalue weighted by Crippen LogP contribution is 2.36. The highest BCUT2D eigenvalue weighted by molar-refractivity contribution is 6.32. The van der Waals surface area contributed by atoms with Crippen molar-refractivity contribution in [2.75, 3.05) is 57.2 Å². The van der Waals surface area contributed by atoms with Crippen molar-refractivity contribution < 1.29 is 19.2 Å². The first-order valence-corrected chi connectivity index (χ1v) is 10.2. The third-order valence-electron chi connectivity index (χ3n) is 4.96. The summed E-state index contributed by atoms with van der Waals surface area (Å²) < 4.78 is 10.5. The zero-order chi connectivity index (χ0) is 22.5. The van der Waals surface area contributed by atoms with Crippen LogP contribution in [0.5, 0.6) is 11.5 Å². The molecule has 0 unspecified atom stereocenters. The molecule has 1 N–H and O–H groups in total. The van der Waals surface area contributed by atoms with Gasteiger partial charge in [0.15, 0.2) is 0 Å². The number of ether oxygens (including phenoxy) is 2. The van der Waals surface area contributed by atoms with Crippen LogP contribution in [0.2, 0.25) is 10.0 Å². The van der Waals surface area contributed by atoms with Gasteiger partial charge in [-0.05, 0) is 18.2 Å². The molecule has 1 amide bonds. The maximum atomic E-state index is 12.5. The minimum Gasteiger partial charge on any atom is -0.495 e. The van der Waals surface area contributed by atoms with Gasteiger partial charge < -0.3 is 19.7 Å². The van der Waals surface area contributed by atoms with E-state index in [1.165, 1.54) is 20.3 Å². The molecule has 0 saturated carbocycles. The number of amides is 1. The summed E-state index contributed by atoms with van der Waals surface area (Å²) in [4.78, 5) is 27.4. The predicted octanol–water partition coefficient (Wildman–Crippen LogP) is 3.68. The molecule has 0 spiro atoms. The number of halogens is 2. The third-order valence-corrected chi connectivity index (χ3v) is 5.49. The molecular weight excluding hydrogens is 447 g/mol. The second kappa shape index (κ2) is 10.0. The van der Waals surface area contributed by atoms with Crippen LogP contribution in [-0.4, -0.2) is 62.7 Å². The van der Waals surface area contributed by atoms with E-state index in [4.69, 9.17) is 32.7 Å². The Hall–Kier alpha value is -2.75. The summed E-state index contributed by atoms with van der Waals surface area (Å²) in [5.41, 5.74) is 0.951. The molecule has 2 aromatic carbocycles. The van der Waals surface area contributed by atoms with Crippen molar-refractivity contribution in [3.8, 4) is 11.5 Å². The molecular formula is C20H22Cl2N4O5. The van der Waals surface area contributed by atoms with Crippen molar-refractivity contribution in [3.05, 3.63) is 50.5 Å². The van der Waals surface area contributed by atoms with Gasteiger partial charge in [0.1, 0.15) is 17.2 Å². The van der Waals surface area contributed by atoms with Crippen LogP contribution in [0.25, 0.3) is 0 Å². The minimum atomic E-state index is -0.436. The van der Waals surface area contributed by atoms with Crippen LogP contribution in [0.3, 0.4) is 0 Å². The van der Waals surface area contributed by atoms with Gasteiger partial charge in [-0.1, -0.05) is 23.2 Å². The van der Waals surface area contributed by atoms with Crippen LogP contribution in [-0.2, 0) is 4.79 Å². The quantitative estimate of drug-likeness (QED) is 0.488. The molecule has 0 atom stereocenters. The van der Waals surface area contributed by atoms with E-state index in [0.29, 0.717) is 59.1 Å². The summed E-state index contributed by atoms with van der Waals surface area (Å²) in [7, 11) is 2.99. The Morgan fingerprint density at radius 1 is 1.10 bits per heavy atom. The molecule has 2 aromatic rings. The first kappa shape index (κ1) is 22.9. The van der Waals surface area contributed by atoms with Crippen LogP contribution >= 0.6 is 23.2 Å². The summed E-state index contributed by atoms with van der Waals surface area (Å²) in [5, 5.41) is 14.8. The van der Waals surface area contributed by atoms with E-state index in [-0.39, 0.29) is 18.1 Å². The lowest BCUT2D eigenvalue weighted by molar-refractivity contribution is -0.384. The largest absolute Gasteiger partial charge is 0.495 e. The van der Waals surface area contributed by atoms with Gasteiger partial charge in [-0.3, -0.25) is 19.8 Å². The molecule has 11 heteroatoms. The monoisotopic (exact) mass is 468 g/mol. The molecule has 1 aliphatic rings. The molecule has 0 radical (unpaired) electrons. The zero-order valence-corrected chi connectivity index (χ0v) is 18.6. The number of nitrogens with one attached hydrogen (secondary N) is 1. The number of hydrogen-bond donors (Lipinski definition) is 1. The maximum absolute atomic E-state index is 12.5. The van der Waals surface area contributed by atoms with Gasteiger partial charge in [0.05, 0.1) is 36.4 Å². The highest BCUT2D eigenvalue weighted by Gasteiger charge is 2.25. The summed E-state index contributed by atoms with van der Waals surface area (Å²) in [6.07, 6.45) is 0. The Balaban J connectivity index is 1.60. The van der Waals surface area contributed by atoms with Gasteiger partial charge in [0, 0.05) is 43.3 Å². The number of hydrogen-bond acceptors (Lipinski definition) is 7. The van der Waals surface area contributed by atoms with E-state index in [1.807, 2.05) is 9.80 Å². The van der Waals surface area contributed by atoms with Crippen LogP contribution in [0.15, 0.2) is 30.3 Å². The van der Waals surface area contributed by atoms with Crippen LogP contribution in [0.1, 0.15) is 0 Å². The van der Waals surface area contributed by atoms with Gasteiger partial charge in [-0.2, -0.15) is 0 Å². The first-order chi connectivity index (χ1) is 14.8. The number of nitrogens with zero attached hydrogens (tertiary/aromatic N) is 3. The van der Waals surface area contributed by atoms with E-state index in [1.54, 1.807) is 24.3 Å². The van der Waals surface area contributed by atoms with Gasteiger partial charge in [-0.15, -0.1) is 0 Å². The number of carbonyl (C=O) groups is 1. The maximum Gasteiger partial charge on any atom is 0.294 e. The smallest absolute Gasteiger partial charge is 0.294 e. The average Bonchev–Trinajstić information content (AvgIpc) is 2.74. The second-order valence-electron chi connectivity index (χ2n) is 6.89. The Bertz CT molecular complexity index is 980. The molecule has 1 fully saturated rings. The fourth-order valence-electron chi connectivity index (χ4n) is 3.41. The number of rotatable bonds is 7. The van der Waals surface area contributed by atoms with Crippen molar-refractivity contribution in [2.45, 2.75) is 0 Å². The lowest BCUT2D eigenvalue weighted by Crippen LogP contribution is -2.48. The lowest BCUT2D eigenvalue weighted by Gasteiger charge is -2.35. The van der Waals surface area contributed by atoms with E-state index >= 15 is 0 Å². The Labute approximate surface area is 189 Å². The number of piperazine rings is 1. The normalized spacial score (nSPS) is 14.3. The van der Waals surface area contributed by atoms with Crippen LogP contribution in [0, 0.1) is 10.1 Å². The van der Waals surface area contributed by atoms with Crippen LogP contribution < -0.4 is 19.7 Å². The summed E-state index contributed by atoms with van der Waals surface area (Å²) in [6, 6.07) is 7.83. The van der Waals surface area contributed by atoms with Crippen molar-refractivity contribution in [3.63, 3.8) is 0 Å². The zero-order valence-electron chi connectivity index (χ0n) is 17.1. The summed E-state index contributed by atoms with van der Waals surface area (Å²) >= 11 is 12.0. The molecule has 1 aliphatic heterocycles. The minimum absolute atomic E-state index is 0.0258. The van der Waals surface area contributed by atoms with E-state index < -0.39 is 4.92 Å². The Morgan fingerprint density at radius 3 is 2.39 bits per heavy atom. The van der Waals surface area contributed by atoms with Crippen molar-refractivity contribution in [1.29, 1.82) is 0 Å². The Kier molecular flexibility index (Phi) is 7.42. The van der Waals surface area contributed by atoms with E-state index in [0.717, 1.165) is 0 Å². The number of nitro groups is 1. The molecule has 9 nitrogen and oxygen atoms in total. The fraction of sp³-hybridized carbons (Fsp3) is 0.350. The lowest BCUT2D eigenvalue weighted by atomic mass is 10.2. The molecule has 0 bridgehead atoms. The standard InChI is InChI=1S/C20H22Cl2N4O5/c1-30-18-11-19(31-2)15(10-14(18)22)23-20(27)12-24-5-7-25(8-6-24)16-4-3-13(21)9-17(16)26(28)29/h3-4,9-11H,5-8,12H2,1-2H3,(H,23,27). The number of benzene rings is 2. The van der Waals surface area contributed by atoms with Crippen molar-refractivity contribution in [1.82, 2.24) is 4.90 Å². The van der Waals surface area contributed by atoms with Gasteiger partial charge in [0.2, 0.25) is 5.91 Å². The molecule has 166 valence electrons. The Morgan fingerprint density at radius 2 is 1.77 bits per heavy atom.